The molecule has 0 saturated carbocycles. The number of rotatable bonds is 7. The highest BCUT2D eigenvalue weighted by molar-refractivity contribution is 5.76. The van der Waals surface area contributed by atoms with Crippen LogP contribution in [0.4, 0.5) is 0 Å². The molecule has 0 spiro atoms. The van der Waals surface area contributed by atoms with Gasteiger partial charge in [0.2, 0.25) is 5.91 Å². The molecule has 0 rings (SSSR count). The Hall–Kier alpha value is -0.870. The van der Waals surface area contributed by atoms with Crippen molar-refractivity contribution < 1.29 is 9.90 Å². The summed E-state index contributed by atoms with van der Waals surface area (Å²) < 4.78 is 0. The van der Waals surface area contributed by atoms with Crippen molar-refractivity contribution >= 4 is 5.91 Å². The quantitative estimate of drug-likeness (QED) is 0.633. The third kappa shape index (κ3) is 7.43. The molecule has 0 aromatic carbocycles. The van der Waals surface area contributed by atoms with Gasteiger partial charge in [0.15, 0.2) is 0 Å². The Morgan fingerprint density at radius 1 is 1.50 bits per heavy atom. The van der Waals surface area contributed by atoms with E-state index >= 15 is 0 Å². The Morgan fingerprint density at radius 2 is 2.12 bits per heavy atom. The molecule has 4 heteroatoms. The van der Waals surface area contributed by atoms with Crippen molar-refractivity contribution in [1.82, 2.24) is 10.2 Å². The predicted molar refractivity (Wildman–Crippen MR) is 66.2 cm³/mol. The number of nitrogens with one attached hydrogen (secondary N) is 1. The van der Waals surface area contributed by atoms with E-state index in [4.69, 9.17) is 5.11 Å². The van der Waals surface area contributed by atoms with Crippen molar-refractivity contribution in [1.29, 1.82) is 0 Å². The molecule has 16 heavy (non-hydrogen) atoms. The smallest absolute Gasteiger partial charge is 0.224 e. The number of hydrogen-bond donors (Lipinski definition) is 2. The molecule has 0 unspecified atom stereocenters. The Morgan fingerprint density at radius 3 is 2.56 bits per heavy atom. The van der Waals surface area contributed by atoms with E-state index in [2.05, 4.69) is 32.7 Å². The molecule has 1 amide bonds. The van der Waals surface area contributed by atoms with Gasteiger partial charge in [0.1, 0.15) is 0 Å². The summed E-state index contributed by atoms with van der Waals surface area (Å²) in [6.07, 6.45) is 2.12. The second kappa shape index (κ2) is 7.41. The molecule has 0 aliphatic rings. The van der Waals surface area contributed by atoms with Gasteiger partial charge in [-0.1, -0.05) is 6.08 Å². The fraction of sp³-hybridized carbons (Fsp3) is 0.750. The van der Waals surface area contributed by atoms with Crippen LogP contribution in [-0.2, 0) is 4.79 Å². The van der Waals surface area contributed by atoms with Crippen LogP contribution in [0.1, 0.15) is 27.2 Å². The van der Waals surface area contributed by atoms with Crippen LogP contribution in [0.15, 0.2) is 12.7 Å². The Balaban J connectivity index is 3.96. The summed E-state index contributed by atoms with van der Waals surface area (Å²) in [6, 6.07) is 0. The van der Waals surface area contributed by atoms with Gasteiger partial charge in [0.25, 0.3) is 0 Å². The zero-order valence-electron chi connectivity index (χ0n) is 10.6. The lowest BCUT2D eigenvalue weighted by Crippen LogP contribution is -2.40. The summed E-state index contributed by atoms with van der Waals surface area (Å²) >= 11 is 0. The van der Waals surface area contributed by atoms with Gasteiger partial charge >= 0.3 is 0 Å². The largest absolute Gasteiger partial charge is 0.395 e. The van der Waals surface area contributed by atoms with E-state index < -0.39 is 0 Å². The maximum Gasteiger partial charge on any atom is 0.224 e. The number of aliphatic hydroxyl groups excluding tert-OH is 1. The summed E-state index contributed by atoms with van der Waals surface area (Å²) in [7, 11) is 0. The van der Waals surface area contributed by atoms with E-state index in [-0.39, 0.29) is 18.1 Å². The lowest BCUT2D eigenvalue weighted by molar-refractivity contribution is -0.131. The van der Waals surface area contributed by atoms with Gasteiger partial charge in [-0.15, -0.1) is 6.58 Å². The summed E-state index contributed by atoms with van der Waals surface area (Å²) in [4.78, 5) is 13.3. The van der Waals surface area contributed by atoms with E-state index in [0.717, 1.165) is 0 Å². The third-order valence-corrected chi connectivity index (χ3v) is 2.07. The molecule has 94 valence electrons. The Kier molecular flexibility index (Phi) is 7.01. The lowest BCUT2D eigenvalue weighted by Gasteiger charge is -2.23. The van der Waals surface area contributed by atoms with E-state index in [0.29, 0.717) is 26.1 Å². The molecule has 0 fully saturated rings. The normalized spacial score (nSPS) is 11.2. The highest BCUT2D eigenvalue weighted by Gasteiger charge is 2.13. The first kappa shape index (κ1) is 15.1. The van der Waals surface area contributed by atoms with Gasteiger partial charge in [-0.25, -0.2) is 0 Å². The molecule has 4 nitrogen and oxygen atoms in total. The van der Waals surface area contributed by atoms with Crippen LogP contribution in [0.25, 0.3) is 0 Å². The average molecular weight is 228 g/mol. The van der Waals surface area contributed by atoms with Crippen LogP contribution in [-0.4, -0.2) is 47.7 Å². The first-order valence-electron chi connectivity index (χ1n) is 5.65. The van der Waals surface area contributed by atoms with Crippen molar-refractivity contribution in [3.63, 3.8) is 0 Å². The first-order valence-corrected chi connectivity index (χ1v) is 5.65. The van der Waals surface area contributed by atoms with Crippen LogP contribution in [0.2, 0.25) is 0 Å². The summed E-state index contributed by atoms with van der Waals surface area (Å²) in [5.41, 5.74) is 0.0283. The number of carbonyl (C=O) groups is 1. The highest BCUT2D eigenvalue weighted by atomic mass is 16.3. The van der Waals surface area contributed by atoms with Crippen molar-refractivity contribution in [3.05, 3.63) is 12.7 Å². The van der Waals surface area contributed by atoms with E-state index in [1.807, 2.05) is 0 Å². The van der Waals surface area contributed by atoms with Crippen LogP contribution in [0.3, 0.4) is 0 Å². The molecular weight excluding hydrogens is 204 g/mol. The lowest BCUT2D eigenvalue weighted by atomic mass is 10.1. The molecule has 0 bridgehead atoms. The van der Waals surface area contributed by atoms with Gasteiger partial charge in [0, 0.05) is 31.6 Å². The van der Waals surface area contributed by atoms with Gasteiger partial charge < -0.3 is 15.3 Å². The molecule has 0 saturated heterocycles. The summed E-state index contributed by atoms with van der Waals surface area (Å²) in [6.45, 7) is 11.3. The van der Waals surface area contributed by atoms with Crippen molar-refractivity contribution in [2.45, 2.75) is 32.7 Å². The number of hydrogen-bond acceptors (Lipinski definition) is 3. The molecule has 0 aliphatic carbocycles. The highest BCUT2D eigenvalue weighted by Crippen LogP contribution is 2.00. The van der Waals surface area contributed by atoms with Crippen molar-refractivity contribution in [2.24, 2.45) is 0 Å². The molecule has 0 atom stereocenters. The molecule has 2 N–H and O–H groups in total. The minimum absolute atomic E-state index is 0.00766. The fourth-order valence-electron chi connectivity index (χ4n) is 1.30. The third-order valence-electron chi connectivity index (χ3n) is 2.07. The minimum atomic E-state index is -0.00766. The molecule has 0 aromatic heterocycles. The number of amides is 1. The molecule has 0 aromatic rings. The Bertz CT molecular complexity index is 222. The Labute approximate surface area is 98.3 Å². The first-order chi connectivity index (χ1) is 7.40. The maximum absolute atomic E-state index is 11.7. The standard InChI is InChI=1S/C12H24N2O2/c1-5-8-14(9-10-15)11(16)6-7-13-12(2,3)4/h5,13,15H,1,6-10H2,2-4H3. The van der Waals surface area contributed by atoms with E-state index in [9.17, 15) is 4.79 Å². The summed E-state index contributed by atoms with van der Waals surface area (Å²) in [5, 5.41) is 12.1. The van der Waals surface area contributed by atoms with Crippen molar-refractivity contribution in [3.8, 4) is 0 Å². The minimum Gasteiger partial charge on any atom is -0.395 e. The maximum atomic E-state index is 11.7. The number of aliphatic hydroxyl groups is 1. The second-order valence-corrected chi connectivity index (χ2v) is 4.78. The van der Waals surface area contributed by atoms with E-state index in [1.54, 1.807) is 11.0 Å². The SMILES string of the molecule is C=CCN(CCO)C(=O)CCNC(C)(C)C. The van der Waals surface area contributed by atoms with Crippen LogP contribution in [0, 0.1) is 0 Å². The average Bonchev–Trinajstić information content (AvgIpc) is 2.15. The van der Waals surface area contributed by atoms with Crippen molar-refractivity contribution in [2.75, 3.05) is 26.2 Å². The summed E-state index contributed by atoms with van der Waals surface area (Å²) in [5.74, 6) is 0.0469. The number of carbonyl (C=O) groups excluding carboxylic acids is 1. The van der Waals surface area contributed by atoms with Gasteiger partial charge in [-0.3, -0.25) is 4.79 Å². The van der Waals surface area contributed by atoms with Gasteiger partial charge in [0.05, 0.1) is 6.61 Å². The fourth-order valence-corrected chi connectivity index (χ4v) is 1.30. The predicted octanol–water partition coefficient (Wildman–Crippen LogP) is 0.771. The van der Waals surface area contributed by atoms with Crippen LogP contribution in [0.5, 0.6) is 0 Å². The zero-order valence-corrected chi connectivity index (χ0v) is 10.6. The van der Waals surface area contributed by atoms with Gasteiger partial charge in [-0.05, 0) is 20.8 Å². The number of nitrogens with zero attached hydrogens (tertiary/aromatic N) is 1. The monoisotopic (exact) mass is 228 g/mol. The molecule has 0 aliphatic heterocycles. The molecular formula is C12H24N2O2. The topological polar surface area (TPSA) is 52.6 Å². The molecule has 0 radical (unpaired) electrons. The van der Waals surface area contributed by atoms with Crippen LogP contribution < -0.4 is 5.32 Å². The molecule has 0 heterocycles. The zero-order chi connectivity index (χ0) is 12.6. The second-order valence-electron chi connectivity index (χ2n) is 4.78. The van der Waals surface area contributed by atoms with Crippen LogP contribution >= 0.6 is 0 Å². The van der Waals surface area contributed by atoms with E-state index in [1.165, 1.54) is 0 Å². The van der Waals surface area contributed by atoms with Gasteiger partial charge in [-0.2, -0.15) is 0 Å².